The summed E-state index contributed by atoms with van der Waals surface area (Å²) in [5, 5.41) is 0. The van der Waals surface area contributed by atoms with Gasteiger partial charge in [-0.15, -0.1) is 0 Å². The SMILES string of the molecule is C[N+]1(C)C[C@@H]2OC(CC(c3ccccc3)c3ccccc3)O[C@@H]2C1.[I-]. The second kappa shape index (κ2) is 7.74. The van der Waals surface area contributed by atoms with Crippen molar-refractivity contribution in [3.63, 3.8) is 0 Å². The fourth-order valence-electron chi connectivity index (χ4n) is 4.11. The first-order valence-corrected chi connectivity index (χ1v) is 8.83. The Balaban J connectivity index is 0.00000182. The van der Waals surface area contributed by atoms with Gasteiger partial charge in [0, 0.05) is 12.3 Å². The Hall–Kier alpha value is -0.950. The van der Waals surface area contributed by atoms with Crippen molar-refractivity contribution in [3.8, 4) is 0 Å². The lowest BCUT2D eigenvalue weighted by Gasteiger charge is -2.26. The van der Waals surface area contributed by atoms with E-state index in [1.807, 2.05) is 0 Å². The summed E-state index contributed by atoms with van der Waals surface area (Å²) in [5.41, 5.74) is 2.65. The third-order valence-electron chi connectivity index (χ3n) is 5.25. The second-order valence-electron chi connectivity index (χ2n) is 7.69. The maximum absolute atomic E-state index is 6.26. The van der Waals surface area contributed by atoms with Gasteiger partial charge in [-0.25, -0.2) is 0 Å². The van der Waals surface area contributed by atoms with Gasteiger partial charge in [0.1, 0.15) is 25.3 Å². The summed E-state index contributed by atoms with van der Waals surface area (Å²) in [6, 6.07) is 21.4. The van der Waals surface area contributed by atoms with Crippen LogP contribution in [0, 0.1) is 0 Å². The molecule has 2 aliphatic heterocycles. The molecule has 134 valence electrons. The molecule has 4 rings (SSSR count). The molecule has 25 heavy (non-hydrogen) atoms. The molecular weight excluding hydrogens is 425 g/mol. The normalized spacial score (nSPS) is 27.1. The molecule has 3 nitrogen and oxygen atoms in total. The smallest absolute Gasteiger partial charge is 0.160 e. The maximum atomic E-state index is 6.26. The molecule has 2 saturated heterocycles. The molecule has 2 heterocycles. The number of rotatable bonds is 4. The van der Waals surface area contributed by atoms with E-state index in [1.165, 1.54) is 11.1 Å². The number of halogens is 1. The summed E-state index contributed by atoms with van der Waals surface area (Å²) in [6.07, 6.45) is 1.26. The average molecular weight is 451 g/mol. The lowest BCUT2D eigenvalue weighted by atomic mass is 9.88. The van der Waals surface area contributed by atoms with E-state index in [4.69, 9.17) is 9.47 Å². The zero-order valence-electron chi connectivity index (χ0n) is 14.8. The summed E-state index contributed by atoms with van der Waals surface area (Å²) in [5.74, 6) is 0.304. The lowest BCUT2D eigenvalue weighted by molar-refractivity contribution is -0.881. The number of likely N-dealkylation sites (tertiary alicyclic amines) is 1. The molecule has 0 aromatic heterocycles. The van der Waals surface area contributed by atoms with Crippen molar-refractivity contribution >= 4 is 0 Å². The van der Waals surface area contributed by atoms with Crippen molar-refractivity contribution in [2.45, 2.75) is 30.8 Å². The molecule has 0 amide bonds. The number of hydrogen-bond donors (Lipinski definition) is 0. The van der Waals surface area contributed by atoms with Crippen molar-refractivity contribution < 1.29 is 37.9 Å². The lowest BCUT2D eigenvalue weighted by Crippen LogP contribution is -3.00. The molecule has 2 aromatic carbocycles. The third-order valence-corrected chi connectivity index (χ3v) is 5.25. The maximum Gasteiger partial charge on any atom is 0.160 e. The van der Waals surface area contributed by atoms with Gasteiger partial charge in [-0.2, -0.15) is 0 Å². The van der Waals surface area contributed by atoms with Gasteiger partial charge in [-0.1, -0.05) is 60.7 Å². The Labute approximate surface area is 167 Å². The van der Waals surface area contributed by atoms with E-state index in [-0.39, 0.29) is 42.5 Å². The van der Waals surface area contributed by atoms with Gasteiger partial charge in [0.2, 0.25) is 0 Å². The number of fused-ring (bicyclic) bond motifs is 1. The predicted octanol–water partition coefficient (Wildman–Crippen LogP) is 0.413. The van der Waals surface area contributed by atoms with Crippen molar-refractivity contribution in [2.75, 3.05) is 27.2 Å². The minimum absolute atomic E-state index is 0. The van der Waals surface area contributed by atoms with Gasteiger partial charge in [0.25, 0.3) is 0 Å². The minimum atomic E-state index is -0.106. The molecule has 1 unspecified atom stereocenters. The molecule has 2 fully saturated rings. The fourth-order valence-corrected chi connectivity index (χ4v) is 4.11. The van der Waals surface area contributed by atoms with Crippen LogP contribution in [0.2, 0.25) is 0 Å². The Morgan fingerprint density at radius 2 is 1.28 bits per heavy atom. The Morgan fingerprint density at radius 3 is 1.72 bits per heavy atom. The van der Waals surface area contributed by atoms with Gasteiger partial charge >= 0.3 is 0 Å². The number of nitrogens with zero attached hydrogens (tertiary/aromatic N) is 1. The van der Waals surface area contributed by atoms with Crippen LogP contribution in [0.5, 0.6) is 0 Å². The van der Waals surface area contributed by atoms with E-state index in [0.29, 0.717) is 5.92 Å². The van der Waals surface area contributed by atoms with Crippen LogP contribution in [-0.4, -0.2) is 50.2 Å². The van der Waals surface area contributed by atoms with Crippen LogP contribution >= 0.6 is 0 Å². The summed E-state index contributed by atoms with van der Waals surface area (Å²) in [7, 11) is 4.49. The van der Waals surface area contributed by atoms with Crippen LogP contribution in [0.15, 0.2) is 60.7 Å². The quantitative estimate of drug-likeness (QED) is 0.496. The molecule has 2 aromatic rings. The van der Waals surface area contributed by atoms with Crippen LogP contribution in [0.25, 0.3) is 0 Å². The molecule has 2 aliphatic rings. The highest BCUT2D eigenvalue weighted by Gasteiger charge is 2.49. The van der Waals surface area contributed by atoms with E-state index in [2.05, 4.69) is 74.8 Å². The molecule has 3 atom stereocenters. The first-order chi connectivity index (χ1) is 11.6. The summed E-state index contributed by atoms with van der Waals surface area (Å²) in [6.45, 7) is 2.09. The van der Waals surface area contributed by atoms with E-state index >= 15 is 0 Å². The number of ether oxygens (including phenoxy) is 2. The van der Waals surface area contributed by atoms with Crippen molar-refractivity contribution in [1.82, 2.24) is 0 Å². The van der Waals surface area contributed by atoms with E-state index < -0.39 is 0 Å². The monoisotopic (exact) mass is 451 g/mol. The van der Waals surface area contributed by atoms with E-state index in [0.717, 1.165) is 24.0 Å². The highest BCUT2D eigenvalue weighted by atomic mass is 127. The molecular formula is C21H26INO2. The number of likely N-dealkylation sites (N-methyl/N-ethyl adjacent to an activating group) is 1. The fraction of sp³-hybridized carbons (Fsp3) is 0.429. The summed E-state index contributed by atoms with van der Waals surface area (Å²) in [4.78, 5) is 0. The van der Waals surface area contributed by atoms with Crippen LogP contribution in [0.4, 0.5) is 0 Å². The standard InChI is InChI=1S/C21H26NO2.HI/c1-22(2)14-19-20(15-22)24-21(23-19)13-18(16-9-5-3-6-10-16)17-11-7-4-8-12-17;/h3-12,18-21H,13-15H2,1-2H3;1H/q+1;/p-1/t19-,20+,21?;. The van der Waals surface area contributed by atoms with Gasteiger partial charge in [0.15, 0.2) is 6.29 Å². The Bertz CT molecular complexity index is 621. The summed E-state index contributed by atoms with van der Waals surface area (Å²) >= 11 is 0. The van der Waals surface area contributed by atoms with Crippen molar-refractivity contribution in [2.24, 2.45) is 0 Å². The van der Waals surface area contributed by atoms with Crippen molar-refractivity contribution in [1.29, 1.82) is 0 Å². The Kier molecular flexibility index (Phi) is 5.83. The van der Waals surface area contributed by atoms with Gasteiger partial charge in [-0.05, 0) is 11.1 Å². The van der Waals surface area contributed by atoms with Crippen LogP contribution in [0.3, 0.4) is 0 Å². The predicted molar refractivity (Wildman–Crippen MR) is 94.7 cm³/mol. The minimum Gasteiger partial charge on any atom is -1.00 e. The first-order valence-electron chi connectivity index (χ1n) is 8.83. The van der Waals surface area contributed by atoms with Gasteiger partial charge < -0.3 is 37.9 Å². The topological polar surface area (TPSA) is 18.5 Å². The molecule has 0 N–H and O–H groups in total. The first kappa shape index (κ1) is 18.8. The molecule has 0 saturated carbocycles. The van der Waals surface area contributed by atoms with Crippen molar-refractivity contribution in [3.05, 3.63) is 71.8 Å². The van der Waals surface area contributed by atoms with Crippen LogP contribution < -0.4 is 24.0 Å². The van der Waals surface area contributed by atoms with Gasteiger partial charge in [-0.3, -0.25) is 0 Å². The highest BCUT2D eigenvalue weighted by molar-refractivity contribution is 5.32. The molecule has 0 spiro atoms. The zero-order chi connectivity index (χ0) is 16.6. The number of benzene rings is 2. The molecule has 4 heteroatoms. The molecule has 0 bridgehead atoms. The van der Waals surface area contributed by atoms with Crippen LogP contribution in [0.1, 0.15) is 23.5 Å². The van der Waals surface area contributed by atoms with Gasteiger partial charge in [0.05, 0.1) is 14.1 Å². The molecule has 0 aliphatic carbocycles. The van der Waals surface area contributed by atoms with E-state index in [1.54, 1.807) is 0 Å². The Morgan fingerprint density at radius 1 is 0.840 bits per heavy atom. The van der Waals surface area contributed by atoms with Crippen LogP contribution in [-0.2, 0) is 9.47 Å². The largest absolute Gasteiger partial charge is 1.00 e. The highest BCUT2D eigenvalue weighted by Crippen LogP contribution is 2.36. The summed E-state index contributed by atoms with van der Waals surface area (Å²) < 4.78 is 13.5. The molecule has 0 radical (unpaired) electrons. The number of quaternary nitrogens is 1. The third kappa shape index (κ3) is 4.25. The second-order valence-corrected chi connectivity index (χ2v) is 7.69. The average Bonchev–Trinajstić information content (AvgIpc) is 3.07. The van der Waals surface area contributed by atoms with E-state index in [9.17, 15) is 0 Å². The number of hydrogen-bond acceptors (Lipinski definition) is 2. The zero-order valence-corrected chi connectivity index (χ0v) is 17.0.